The van der Waals surface area contributed by atoms with Crippen molar-refractivity contribution < 1.29 is 9.90 Å². The van der Waals surface area contributed by atoms with Gasteiger partial charge < -0.3 is 10.0 Å². The maximum Gasteiger partial charge on any atom is 0.356 e. The third-order valence-corrected chi connectivity index (χ3v) is 2.86. The predicted octanol–water partition coefficient (Wildman–Crippen LogP) is 1.41. The zero-order chi connectivity index (χ0) is 11.8. The van der Waals surface area contributed by atoms with Crippen molar-refractivity contribution in [1.82, 2.24) is 9.97 Å². The lowest BCUT2D eigenvalue weighted by Gasteiger charge is -2.20. The Bertz CT molecular complexity index is 400. The second-order valence-corrected chi connectivity index (χ2v) is 4.90. The van der Waals surface area contributed by atoms with Gasteiger partial charge in [-0.2, -0.15) is 0 Å². The molecule has 0 amide bonds. The van der Waals surface area contributed by atoms with E-state index in [4.69, 9.17) is 5.11 Å². The molecule has 1 aromatic rings. The molecule has 0 unspecified atom stereocenters. The van der Waals surface area contributed by atoms with Gasteiger partial charge in [0, 0.05) is 13.1 Å². The van der Waals surface area contributed by atoms with Crippen LogP contribution in [-0.2, 0) is 0 Å². The molecule has 0 radical (unpaired) electrons. The van der Waals surface area contributed by atoms with E-state index < -0.39 is 5.97 Å². The van der Waals surface area contributed by atoms with E-state index in [2.05, 4.69) is 28.7 Å². The molecule has 0 spiro atoms. The van der Waals surface area contributed by atoms with Crippen LogP contribution in [0.4, 0.5) is 5.82 Å². The number of carbonyl (C=O) groups is 1. The van der Waals surface area contributed by atoms with E-state index in [-0.39, 0.29) is 5.69 Å². The van der Waals surface area contributed by atoms with Crippen molar-refractivity contribution in [2.45, 2.75) is 20.3 Å². The quantitative estimate of drug-likeness (QED) is 0.817. The molecular formula is C11H15N3O2. The Kier molecular flexibility index (Phi) is 2.53. The zero-order valence-electron chi connectivity index (χ0n) is 9.47. The van der Waals surface area contributed by atoms with Crippen LogP contribution in [0, 0.1) is 5.41 Å². The molecule has 1 aliphatic heterocycles. The van der Waals surface area contributed by atoms with Crippen LogP contribution in [0.2, 0.25) is 0 Å². The van der Waals surface area contributed by atoms with Crippen molar-refractivity contribution in [3.63, 3.8) is 0 Å². The SMILES string of the molecule is CC1(C)CCN(c2cnc(C(=O)O)cn2)C1. The molecule has 86 valence electrons. The van der Waals surface area contributed by atoms with Crippen LogP contribution in [0.1, 0.15) is 30.8 Å². The fraction of sp³-hybridized carbons (Fsp3) is 0.545. The van der Waals surface area contributed by atoms with Crippen LogP contribution in [0.25, 0.3) is 0 Å². The molecule has 2 heterocycles. The highest BCUT2D eigenvalue weighted by atomic mass is 16.4. The van der Waals surface area contributed by atoms with E-state index in [1.807, 2.05) is 0 Å². The number of anilines is 1. The number of aromatic nitrogens is 2. The van der Waals surface area contributed by atoms with E-state index in [0.29, 0.717) is 5.41 Å². The van der Waals surface area contributed by atoms with Crippen molar-refractivity contribution in [2.75, 3.05) is 18.0 Å². The average Bonchev–Trinajstić information content (AvgIpc) is 2.59. The number of rotatable bonds is 2. The van der Waals surface area contributed by atoms with Crippen molar-refractivity contribution in [2.24, 2.45) is 5.41 Å². The summed E-state index contributed by atoms with van der Waals surface area (Å²) in [5, 5.41) is 8.71. The third kappa shape index (κ3) is 2.13. The molecule has 1 aromatic heterocycles. The minimum Gasteiger partial charge on any atom is -0.476 e. The number of aromatic carboxylic acids is 1. The summed E-state index contributed by atoms with van der Waals surface area (Å²) in [5.41, 5.74) is 0.287. The fourth-order valence-corrected chi connectivity index (χ4v) is 1.90. The minimum absolute atomic E-state index is 0.0118. The molecule has 2 rings (SSSR count). The van der Waals surface area contributed by atoms with Crippen LogP contribution < -0.4 is 4.90 Å². The first-order valence-corrected chi connectivity index (χ1v) is 5.28. The van der Waals surface area contributed by atoms with Gasteiger partial charge in [0.1, 0.15) is 5.82 Å². The van der Waals surface area contributed by atoms with Crippen molar-refractivity contribution in [3.05, 3.63) is 18.1 Å². The lowest BCUT2D eigenvalue weighted by molar-refractivity contribution is 0.0690. The highest BCUT2D eigenvalue weighted by Gasteiger charge is 2.29. The predicted molar refractivity (Wildman–Crippen MR) is 59.6 cm³/mol. The second-order valence-electron chi connectivity index (χ2n) is 4.90. The summed E-state index contributed by atoms with van der Waals surface area (Å²) < 4.78 is 0. The number of hydrogen-bond acceptors (Lipinski definition) is 4. The van der Waals surface area contributed by atoms with E-state index in [1.165, 1.54) is 12.4 Å². The molecular weight excluding hydrogens is 206 g/mol. The molecule has 5 nitrogen and oxygen atoms in total. The Morgan fingerprint density at radius 1 is 1.44 bits per heavy atom. The van der Waals surface area contributed by atoms with Crippen LogP contribution in [0.5, 0.6) is 0 Å². The average molecular weight is 221 g/mol. The summed E-state index contributed by atoms with van der Waals surface area (Å²) in [5.74, 6) is -0.281. The molecule has 5 heteroatoms. The molecule has 1 N–H and O–H groups in total. The molecule has 0 aliphatic carbocycles. The normalized spacial score (nSPS) is 18.8. The summed E-state index contributed by atoms with van der Waals surface area (Å²) in [6.07, 6.45) is 3.96. The largest absolute Gasteiger partial charge is 0.476 e. The number of hydrogen-bond donors (Lipinski definition) is 1. The van der Waals surface area contributed by atoms with E-state index in [1.54, 1.807) is 0 Å². The molecule has 0 saturated carbocycles. The highest BCUT2D eigenvalue weighted by Crippen LogP contribution is 2.31. The molecule has 0 bridgehead atoms. The van der Waals surface area contributed by atoms with Gasteiger partial charge in [-0.15, -0.1) is 0 Å². The second kappa shape index (κ2) is 3.73. The summed E-state index contributed by atoms with van der Waals surface area (Å²) >= 11 is 0. The van der Waals surface area contributed by atoms with Gasteiger partial charge in [-0.25, -0.2) is 14.8 Å². The molecule has 1 saturated heterocycles. The van der Waals surface area contributed by atoms with Gasteiger partial charge in [-0.3, -0.25) is 0 Å². The maximum atomic E-state index is 10.6. The van der Waals surface area contributed by atoms with Gasteiger partial charge in [-0.05, 0) is 11.8 Å². The summed E-state index contributed by atoms with van der Waals surface area (Å²) in [6.45, 7) is 6.32. The van der Waals surface area contributed by atoms with Crippen LogP contribution in [0.15, 0.2) is 12.4 Å². The molecule has 16 heavy (non-hydrogen) atoms. The van der Waals surface area contributed by atoms with E-state index in [0.717, 1.165) is 25.3 Å². The summed E-state index contributed by atoms with van der Waals surface area (Å²) in [7, 11) is 0. The maximum absolute atomic E-state index is 10.6. The molecule has 0 atom stereocenters. The van der Waals surface area contributed by atoms with Crippen LogP contribution >= 0.6 is 0 Å². The Morgan fingerprint density at radius 2 is 2.19 bits per heavy atom. The Hall–Kier alpha value is -1.65. The van der Waals surface area contributed by atoms with Gasteiger partial charge in [0.15, 0.2) is 5.69 Å². The highest BCUT2D eigenvalue weighted by molar-refractivity contribution is 5.84. The Morgan fingerprint density at radius 3 is 2.62 bits per heavy atom. The first-order valence-electron chi connectivity index (χ1n) is 5.28. The van der Waals surface area contributed by atoms with Gasteiger partial charge in [0.05, 0.1) is 12.4 Å². The standard InChI is InChI=1S/C11H15N3O2/c1-11(2)3-4-14(7-11)9-6-12-8(5-13-9)10(15)16/h5-6H,3-4,7H2,1-2H3,(H,15,16). The van der Waals surface area contributed by atoms with Gasteiger partial charge in [-0.1, -0.05) is 13.8 Å². The zero-order valence-corrected chi connectivity index (χ0v) is 9.47. The van der Waals surface area contributed by atoms with E-state index >= 15 is 0 Å². The molecule has 1 aliphatic rings. The van der Waals surface area contributed by atoms with Crippen molar-refractivity contribution in [1.29, 1.82) is 0 Å². The number of carboxylic acid groups (broad SMARTS) is 1. The van der Waals surface area contributed by atoms with Gasteiger partial charge in [0.2, 0.25) is 0 Å². The lowest BCUT2D eigenvalue weighted by atomic mass is 9.93. The lowest BCUT2D eigenvalue weighted by Crippen LogP contribution is -2.23. The van der Waals surface area contributed by atoms with Crippen molar-refractivity contribution >= 4 is 11.8 Å². The van der Waals surface area contributed by atoms with Gasteiger partial charge in [0.25, 0.3) is 0 Å². The van der Waals surface area contributed by atoms with Crippen LogP contribution in [-0.4, -0.2) is 34.1 Å². The summed E-state index contributed by atoms with van der Waals surface area (Å²) in [4.78, 5) is 20.8. The molecule has 0 aromatic carbocycles. The van der Waals surface area contributed by atoms with Crippen LogP contribution in [0.3, 0.4) is 0 Å². The molecule has 1 fully saturated rings. The smallest absolute Gasteiger partial charge is 0.356 e. The minimum atomic E-state index is -1.04. The number of nitrogens with zero attached hydrogens (tertiary/aromatic N) is 3. The van der Waals surface area contributed by atoms with Gasteiger partial charge >= 0.3 is 5.97 Å². The Balaban J connectivity index is 2.14. The van der Waals surface area contributed by atoms with Crippen molar-refractivity contribution in [3.8, 4) is 0 Å². The topological polar surface area (TPSA) is 66.3 Å². The third-order valence-electron chi connectivity index (χ3n) is 2.86. The first kappa shape index (κ1) is 10.9. The Labute approximate surface area is 94.1 Å². The monoisotopic (exact) mass is 221 g/mol. The number of carboxylic acids is 1. The summed E-state index contributed by atoms with van der Waals surface area (Å²) in [6, 6.07) is 0. The fourth-order valence-electron chi connectivity index (χ4n) is 1.90. The van der Waals surface area contributed by atoms with E-state index in [9.17, 15) is 4.79 Å². The first-order chi connectivity index (χ1) is 7.48.